The van der Waals surface area contributed by atoms with Crippen molar-refractivity contribution in [2.24, 2.45) is 5.41 Å². The maximum atomic E-state index is 6.77. The molecule has 1 spiro atoms. The molecule has 4 nitrogen and oxygen atoms in total. The molecule has 0 amide bonds. The molecule has 1 fully saturated rings. The fraction of sp³-hybridized carbons (Fsp3) is 0.357. The summed E-state index contributed by atoms with van der Waals surface area (Å²) >= 11 is 6.45. The molecule has 0 bridgehead atoms. The summed E-state index contributed by atoms with van der Waals surface area (Å²) < 4.78 is 20.6. The second kappa shape index (κ2) is 9.26. The van der Waals surface area contributed by atoms with Gasteiger partial charge in [0.15, 0.2) is 0 Å². The molecule has 1 saturated heterocycles. The van der Waals surface area contributed by atoms with Crippen molar-refractivity contribution < 1.29 is 14.2 Å². The number of nitrogens with zero attached hydrogens (tertiary/aromatic N) is 1. The average molecular weight is 585 g/mol. The van der Waals surface area contributed by atoms with E-state index >= 15 is 0 Å². The van der Waals surface area contributed by atoms with E-state index in [2.05, 4.69) is 104 Å². The Kier molecular flexibility index (Phi) is 6.48. The minimum atomic E-state index is -0.602. The van der Waals surface area contributed by atoms with Crippen molar-refractivity contribution in [3.8, 4) is 0 Å². The summed E-state index contributed by atoms with van der Waals surface area (Å²) in [6.45, 7) is 9.05. The van der Waals surface area contributed by atoms with Gasteiger partial charge in [-0.25, -0.2) is 0 Å². The van der Waals surface area contributed by atoms with Gasteiger partial charge >= 0.3 is 218 Å². The van der Waals surface area contributed by atoms with Crippen LogP contribution in [0.15, 0.2) is 71.8 Å². The van der Waals surface area contributed by atoms with Crippen LogP contribution in [0.4, 0.5) is 0 Å². The van der Waals surface area contributed by atoms with E-state index in [0.29, 0.717) is 19.8 Å². The summed E-state index contributed by atoms with van der Waals surface area (Å²) in [6, 6.07) is 21.2. The van der Waals surface area contributed by atoms with Gasteiger partial charge in [-0.1, -0.05) is 0 Å². The number of hydrogen-bond donors (Lipinski definition) is 0. The topological polar surface area (TPSA) is 30.9 Å². The predicted octanol–water partition coefficient (Wildman–Crippen LogP) is 3.97. The monoisotopic (exact) mass is 587 g/mol. The second-order valence-corrected chi connectivity index (χ2v) is 10.5. The van der Waals surface area contributed by atoms with Crippen molar-refractivity contribution in [3.05, 3.63) is 82.9 Å². The van der Waals surface area contributed by atoms with E-state index in [-0.39, 0.29) is 5.41 Å². The Labute approximate surface area is 217 Å². The van der Waals surface area contributed by atoms with E-state index in [9.17, 15) is 0 Å². The fourth-order valence-corrected chi connectivity index (χ4v) is 7.27. The Bertz CT molecular complexity index is 1190. The summed E-state index contributed by atoms with van der Waals surface area (Å²) in [7, 11) is 0. The normalized spacial score (nSPS) is 25.4. The molecular formula is C28H29NO3Se2. The molecular weight excluding hydrogens is 556 g/mol. The number of benzene rings is 2. The quantitative estimate of drug-likeness (QED) is 0.439. The molecule has 2 aromatic rings. The van der Waals surface area contributed by atoms with E-state index in [0.717, 1.165) is 27.7 Å². The molecule has 2 atom stereocenters. The van der Waals surface area contributed by atoms with Crippen molar-refractivity contribution in [1.82, 2.24) is 4.90 Å². The third-order valence-corrected chi connectivity index (χ3v) is 8.53. The van der Waals surface area contributed by atoms with Gasteiger partial charge in [0, 0.05) is 0 Å². The van der Waals surface area contributed by atoms with Crippen LogP contribution in [0, 0.1) is 5.41 Å². The van der Waals surface area contributed by atoms with Crippen molar-refractivity contribution in [2.75, 3.05) is 26.4 Å². The van der Waals surface area contributed by atoms with E-state index in [1.807, 2.05) is 13.8 Å². The Hall–Kier alpha value is -1.94. The van der Waals surface area contributed by atoms with E-state index in [4.69, 9.17) is 14.2 Å². The average Bonchev–Trinajstić information content (AvgIpc) is 3.30. The SMILES string of the molecule is CCOC(=[Se])C1=C(c2ccccc2)N2CCO[C@@]23C(C(=[Se])OCC)=C(c2ccccc2)[C@@]3(C)C1. The van der Waals surface area contributed by atoms with Gasteiger partial charge in [-0.05, 0) is 0 Å². The van der Waals surface area contributed by atoms with Gasteiger partial charge in [-0.15, -0.1) is 0 Å². The van der Waals surface area contributed by atoms with Crippen LogP contribution in [0.3, 0.4) is 0 Å². The van der Waals surface area contributed by atoms with Gasteiger partial charge < -0.3 is 0 Å². The fourth-order valence-electron chi connectivity index (χ4n) is 5.91. The summed E-state index contributed by atoms with van der Waals surface area (Å²) in [4.78, 5) is 2.45. The molecule has 0 radical (unpaired) electrons. The first-order valence-corrected chi connectivity index (χ1v) is 13.6. The van der Waals surface area contributed by atoms with Gasteiger partial charge in [-0.3, -0.25) is 0 Å². The second-order valence-electron chi connectivity index (χ2n) is 8.90. The van der Waals surface area contributed by atoms with E-state index < -0.39 is 5.72 Å². The van der Waals surface area contributed by atoms with Crippen molar-refractivity contribution >= 4 is 51.6 Å². The Morgan fingerprint density at radius 2 is 1.50 bits per heavy atom. The van der Waals surface area contributed by atoms with Gasteiger partial charge in [0.05, 0.1) is 0 Å². The molecule has 176 valence electrons. The molecule has 2 aromatic carbocycles. The molecule has 3 aliphatic rings. The number of hydrogen-bond acceptors (Lipinski definition) is 4. The van der Waals surface area contributed by atoms with Crippen molar-refractivity contribution in [1.29, 1.82) is 0 Å². The van der Waals surface area contributed by atoms with Crippen LogP contribution >= 0.6 is 0 Å². The third-order valence-electron chi connectivity index (χ3n) is 7.09. The molecule has 0 saturated carbocycles. The van der Waals surface area contributed by atoms with Crippen LogP contribution in [0.1, 0.15) is 38.3 Å². The van der Waals surface area contributed by atoms with Crippen LogP contribution in [-0.4, -0.2) is 77.3 Å². The summed E-state index contributed by atoms with van der Waals surface area (Å²) in [6.07, 6.45) is 0.795. The van der Waals surface area contributed by atoms with Crippen LogP contribution in [0.25, 0.3) is 11.3 Å². The first kappa shape index (κ1) is 23.8. The zero-order valence-corrected chi connectivity index (χ0v) is 23.2. The zero-order valence-electron chi connectivity index (χ0n) is 19.8. The first-order chi connectivity index (χ1) is 16.5. The summed E-state index contributed by atoms with van der Waals surface area (Å²) in [5.41, 5.74) is 6.24. The molecule has 1 aliphatic carbocycles. The van der Waals surface area contributed by atoms with Gasteiger partial charge in [0.25, 0.3) is 0 Å². The van der Waals surface area contributed by atoms with Crippen LogP contribution in [-0.2, 0) is 14.2 Å². The van der Waals surface area contributed by atoms with Crippen LogP contribution < -0.4 is 0 Å². The summed E-state index contributed by atoms with van der Waals surface area (Å²) in [5.74, 6) is 0. The molecule has 0 unspecified atom stereocenters. The third kappa shape index (κ3) is 3.35. The van der Waals surface area contributed by atoms with E-state index in [1.165, 1.54) is 28.0 Å². The van der Waals surface area contributed by atoms with Crippen LogP contribution in [0.2, 0.25) is 0 Å². The van der Waals surface area contributed by atoms with Gasteiger partial charge in [0.2, 0.25) is 0 Å². The molecule has 0 aromatic heterocycles. The van der Waals surface area contributed by atoms with Crippen molar-refractivity contribution in [2.45, 2.75) is 32.9 Å². The van der Waals surface area contributed by atoms with Crippen LogP contribution in [0.5, 0.6) is 0 Å². The number of rotatable bonds is 8. The van der Waals surface area contributed by atoms with Crippen molar-refractivity contribution in [3.63, 3.8) is 0 Å². The Morgan fingerprint density at radius 1 is 0.912 bits per heavy atom. The standard InChI is InChI=1S/C28H29NO3Se2/c1-4-30-25(33)21-18-27(3)22(19-12-8-6-9-13-19)23(26(34)31-5-2)28(27)29(16-17-32-28)24(21)20-14-10-7-11-15-20/h6-15H,4-5,16-18H2,1-3H3/t27-,28-/m1/s1. The molecule has 2 heterocycles. The molecule has 0 N–H and O–H groups in total. The minimum absolute atomic E-state index is 0.286. The molecule has 6 heteroatoms. The molecule has 2 aliphatic heterocycles. The van der Waals surface area contributed by atoms with Gasteiger partial charge in [0.1, 0.15) is 0 Å². The first-order valence-electron chi connectivity index (χ1n) is 11.8. The Balaban J connectivity index is 1.77. The predicted molar refractivity (Wildman–Crippen MR) is 140 cm³/mol. The Morgan fingerprint density at radius 3 is 2.12 bits per heavy atom. The summed E-state index contributed by atoms with van der Waals surface area (Å²) in [5, 5.41) is 0. The molecule has 34 heavy (non-hydrogen) atoms. The maximum absolute atomic E-state index is 6.77. The van der Waals surface area contributed by atoms with E-state index in [1.54, 1.807) is 0 Å². The molecule has 5 rings (SSSR count). The number of ether oxygens (including phenoxy) is 3. The van der Waals surface area contributed by atoms with Gasteiger partial charge in [-0.2, -0.15) is 0 Å². The zero-order chi connectivity index (χ0) is 23.9.